The molecule has 24 heavy (non-hydrogen) atoms. The molecule has 4 nitrogen and oxygen atoms in total. The minimum Gasteiger partial charge on any atom is -0.462 e. The molecule has 0 spiro atoms. The topological polar surface area (TPSA) is 52.6 Å². The fourth-order valence-corrected chi connectivity index (χ4v) is 2.71. The molecule has 0 aromatic rings. The average molecular weight is 343 g/mol. The number of esters is 2. The van der Waals surface area contributed by atoms with Crippen molar-refractivity contribution in [3.8, 4) is 0 Å². The molecule has 0 aliphatic heterocycles. The van der Waals surface area contributed by atoms with Gasteiger partial charge in [0.25, 0.3) is 0 Å². The zero-order valence-electron chi connectivity index (χ0n) is 17.4. The maximum absolute atomic E-state index is 12.4. The molecule has 1 atom stereocenters. The molecular weight excluding hydrogens is 304 g/mol. The summed E-state index contributed by atoms with van der Waals surface area (Å²) in [6.45, 7) is 19.9. The second-order valence-electron chi connectivity index (χ2n) is 9.50. The standard InChI is InChI=1S/C20H38O4/c1-13(2)18(14(3)4)23-16(21)11-15(19(5,6)7)12-17(22)24-20(8,9)10/h13-15,18H,11-12H2,1-10H3. The van der Waals surface area contributed by atoms with Gasteiger partial charge in [-0.25, -0.2) is 0 Å². The van der Waals surface area contributed by atoms with Crippen molar-refractivity contribution in [2.24, 2.45) is 23.2 Å². The minimum atomic E-state index is -0.513. The first kappa shape index (κ1) is 22.9. The van der Waals surface area contributed by atoms with Crippen LogP contribution in [0.15, 0.2) is 0 Å². The van der Waals surface area contributed by atoms with E-state index in [1.807, 2.05) is 41.5 Å². The zero-order chi connectivity index (χ0) is 19.3. The molecule has 0 amide bonds. The van der Waals surface area contributed by atoms with Gasteiger partial charge in [-0.15, -0.1) is 0 Å². The summed E-state index contributed by atoms with van der Waals surface area (Å²) in [7, 11) is 0. The van der Waals surface area contributed by atoms with Gasteiger partial charge < -0.3 is 9.47 Å². The molecule has 142 valence electrons. The lowest BCUT2D eigenvalue weighted by Crippen LogP contribution is -2.33. The molecule has 0 rings (SSSR count). The predicted molar refractivity (Wildman–Crippen MR) is 97.6 cm³/mol. The molecule has 0 aliphatic carbocycles. The van der Waals surface area contributed by atoms with Gasteiger partial charge in [0.05, 0.1) is 0 Å². The van der Waals surface area contributed by atoms with E-state index in [9.17, 15) is 9.59 Å². The van der Waals surface area contributed by atoms with E-state index in [-0.39, 0.29) is 54.1 Å². The van der Waals surface area contributed by atoms with Crippen LogP contribution in [0, 0.1) is 23.2 Å². The summed E-state index contributed by atoms with van der Waals surface area (Å²) < 4.78 is 11.1. The Morgan fingerprint density at radius 3 is 1.54 bits per heavy atom. The van der Waals surface area contributed by atoms with Crippen LogP contribution in [0.2, 0.25) is 0 Å². The van der Waals surface area contributed by atoms with Crippen LogP contribution in [0.25, 0.3) is 0 Å². The molecule has 4 heteroatoms. The maximum Gasteiger partial charge on any atom is 0.306 e. The van der Waals surface area contributed by atoms with Crippen LogP contribution in [-0.2, 0) is 19.1 Å². The van der Waals surface area contributed by atoms with Gasteiger partial charge in [0.1, 0.15) is 11.7 Å². The number of hydrogen-bond donors (Lipinski definition) is 0. The number of carbonyl (C=O) groups excluding carboxylic acids is 2. The fourth-order valence-electron chi connectivity index (χ4n) is 2.71. The molecule has 0 radical (unpaired) electrons. The Bertz CT molecular complexity index is 402. The van der Waals surface area contributed by atoms with E-state index >= 15 is 0 Å². The van der Waals surface area contributed by atoms with Crippen LogP contribution in [0.3, 0.4) is 0 Å². The molecule has 1 unspecified atom stereocenters. The van der Waals surface area contributed by atoms with Gasteiger partial charge in [-0.05, 0) is 43.9 Å². The summed E-state index contributed by atoms with van der Waals surface area (Å²) >= 11 is 0. The summed E-state index contributed by atoms with van der Waals surface area (Å²) in [5, 5.41) is 0. The number of hydrogen-bond acceptors (Lipinski definition) is 4. The van der Waals surface area contributed by atoms with Crippen molar-refractivity contribution in [1.29, 1.82) is 0 Å². The van der Waals surface area contributed by atoms with Crippen molar-refractivity contribution >= 4 is 11.9 Å². The molecule has 0 heterocycles. The minimum absolute atomic E-state index is 0.0976. The van der Waals surface area contributed by atoms with Crippen molar-refractivity contribution in [3.05, 3.63) is 0 Å². The lowest BCUT2D eigenvalue weighted by atomic mass is 9.77. The van der Waals surface area contributed by atoms with Crippen LogP contribution in [0.1, 0.15) is 82.1 Å². The molecule has 0 bridgehead atoms. The lowest BCUT2D eigenvalue weighted by Gasteiger charge is -2.32. The Morgan fingerprint density at radius 1 is 0.792 bits per heavy atom. The van der Waals surface area contributed by atoms with E-state index in [0.29, 0.717) is 0 Å². The van der Waals surface area contributed by atoms with Crippen LogP contribution < -0.4 is 0 Å². The Hall–Kier alpha value is -1.06. The monoisotopic (exact) mass is 342 g/mol. The number of carbonyl (C=O) groups is 2. The highest BCUT2D eigenvalue weighted by molar-refractivity contribution is 5.73. The average Bonchev–Trinajstić information content (AvgIpc) is 2.30. The first-order valence-corrected chi connectivity index (χ1v) is 9.04. The highest BCUT2D eigenvalue weighted by atomic mass is 16.6. The summed E-state index contributed by atoms with van der Waals surface area (Å²) in [4.78, 5) is 24.6. The molecule has 0 N–H and O–H groups in total. The van der Waals surface area contributed by atoms with Gasteiger partial charge in [0.2, 0.25) is 0 Å². The van der Waals surface area contributed by atoms with Crippen molar-refractivity contribution in [3.63, 3.8) is 0 Å². The Labute approximate surface area is 148 Å². The van der Waals surface area contributed by atoms with Gasteiger partial charge in [-0.2, -0.15) is 0 Å². The van der Waals surface area contributed by atoms with Gasteiger partial charge in [0, 0.05) is 12.8 Å². The quantitative estimate of drug-likeness (QED) is 0.611. The van der Waals surface area contributed by atoms with Gasteiger partial charge in [0.15, 0.2) is 0 Å². The van der Waals surface area contributed by atoms with E-state index in [1.54, 1.807) is 0 Å². The second-order valence-corrected chi connectivity index (χ2v) is 9.50. The normalized spacial score (nSPS) is 14.2. The summed E-state index contributed by atoms with van der Waals surface area (Å²) in [5.74, 6) is -0.0639. The largest absolute Gasteiger partial charge is 0.462 e. The summed E-state index contributed by atoms with van der Waals surface area (Å²) in [6.07, 6.45) is 0.363. The first-order valence-electron chi connectivity index (χ1n) is 9.04. The summed E-state index contributed by atoms with van der Waals surface area (Å²) in [5.41, 5.74) is -0.693. The molecular formula is C20H38O4. The highest BCUT2D eigenvalue weighted by Gasteiger charge is 2.32. The van der Waals surface area contributed by atoms with E-state index < -0.39 is 5.60 Å². The molecule has 0 saturated heterocycles. The van der Waals surface area contributed by atoms with Crippen LogP contribution >= 0.6 is 0 Å². The fraction of sp³-hybridized carbons (Fsp3) is 0.900. The molecule has 0 aromatic heterocycles. The Morgan fingerprint density at radius 2 is 1.21 bits per heavy atom. The van der Waals surface area contributed by atoms with Crippen LogP contribution in [0.5, 0.6) is 0 Å². The third-order valence-electron chi connectivity index (χ3n) is 4.05. The Balaban J connectivity index is 4.92. The lowest BCUT2D eigenvalue weighted by molar-refractivity contribution is -0.160. The third-order valence-corrected chi connectivity index (χ3v) is 4.05. The highest BCUT2D eigenvalue weighted by Crippen LogP contribution is 2.33. The van der Waals surface area contributed by atoms with Crippen molar-refractivity contribution in [2.45, 2.75) is 93.8 Å². The van der Waals surface area contributed by atoms with Crippen molar-refractivity contribution < 1.29 is 19.1 Å². The van der Waals surface area contributed by atoms with E-state index in [0.717, 1.165) is 0 Å². The van der Waals surface area contributed by atoms with E-state index in [2.05, 4.69) is 27.7 Å². The smallest absolute Gasteiger partial charge is 0.306 e. The predicted octanol–water partition coefficient (Wildman–Crippen LogP) is 4.99. The van der Waals surface area contributed by atoms with Gasteiger partial charge in [-0.3, -0.25) is 9.59 Å². The second kappa shape index (κ2) is 8.87. The zero-order valence-corrected chi connectivity index (χ0v) is 17.4. The van der Waals surface area contributed by atoms with Gasteiger partial charge >= 0.3 is 11.9 Å². The first-order chi connectivity index (χ1) is 10.6. The third kappa shape index (κ3) is 9.29. The van der Waals surface area contributed by atoms with E-state index in [1.165, 1.54) is 0 Å². The maximum atomic E-state index is 12.4. The molecule has 0 aliphatic rings. The summed E-state index contributed by atoms with van der Waals surface area (Å²) in [6, 6.07) is 0. The van der Waals surface area contributed by atoms with Crippen LogP contribution in [-0.4, -0.2) is 23.6 Å². The number of rotatable bonds is 7. The SMILES string of the molecule is CC(C)C(OC(=O)CC(CC(=O)OC(C)(C)C)C(C)(C)C)C(C)C. The molecule has 0 fully saturated rings. The van der Waals surface area contributed by atoms with Crippen molar-refractivity contribution in [2.75, 3.05) is 0 Å². The van der Waals surface area contributed by atoms with E-state index in [4.69, 9.17) is 9.47 Å². The molecule has 0 saturated carbocycles. The van der Waals surface area contributed by atoms with Crippen LogP contribution in [0.4, 0.5) is 0 Å². The number of ether oxygens (including phenoxy) is 2. The van der Waals surface area contributed by atoms with Crippen molar-refractivity contribution in [1.82, 2.24) is 0 Å². The van der Waals surface area contributed by atoms with Gasteiger partial charge in [-0.1, -0.05) is 48.5 Å². The Kier molecular flexibility index (Phi) is 8.47. The molecule has 0 aromatic carbocycles.